The van der Waals surface area contributed by atoms with Crippen LogP contribution in [0.5, 0.6) is 0 Å². The summed E-state index contributed by atoms with van der Waals surface area (Å²) in [6.07, 6.45) is 3.83. The van der Waals surface area contributed by atoms with E-state index in [1.165, 1.54) is 0 Å². The number of anilines is 1. The zero-order valence-corrected chi connectivity index (χ0v) is 10.1. The predicted octanol–water partition coefficient (Wildman–Crippen LogP) is 2.53. The van der Waals surface area contributed by atoms with Crippen molar-refractivity contribution >= 4 is 21.7 Å². The van der Waals surface area contributed by atoms with Crippen LogP contribution < -0.4 is 5.43 Å². The van der Waals surface area contributed by atoms with Crippen LogP contribution >= 0.6 is 15.9 Å². The third-order valence-corrected chi connectivity index (χ3v) is 2.92. The molecule has 2 rings (SSSR count). The van der Waals surface area contributed by atoms with Crippen LogP contribution in [-0.2, 0) is 0 Å². The van der Waals surface area contributed by atoms with Gasteiger partial charge in [0.2, 0.25) is 0 Å². The third kappa shape index (κ3) is 2.18. The number of nitrogens with one attached hydrogen (secondary N) is 1. The molecule has 0 saturated carbocycles. The monoisotopic (exact) mass is 266 g/mol. The highest BCUT2D eigenvalue weighted by Crippen LogP contribution is 2.22. The lowest BCUT2D eigenvalue weighted by atomic mass is 10.4. The topological polar surface area (TPSA) is 42.7 Å². The number of hydrogen-bond acceptors (Lipinski definition) is 3. The number of aryl methyl sites for hydroxylation is 2. The Hall–Kier alpha value is -1.36. The average molecular weight is 267 g/mol. The zero-order chi connectivity index (χ0) is 10.8. The fraction of sp³-hybridized carbons (Fsp3) is 0.200. The second kappa shape index (κ2) is 4.02. The molecule has 2 aromatic heterocycles. The fourth-order valence-electron chi connectivity index (χ4n) is 1.30. The van der Waals surface area contributed by atoms with Crippen molar-refractivity contribution in [1.82, 2.24) is 14.6 Å². The summed E-state index contributed by atoms with van der Waals surface area (Å²) in [5, 5.41) is 0. The van der Waals surface area contributed by atoms with Gasteiger partial charge in [-0.2, -0.15) is 0 Å². The van der Waals surface area contributed by atoms with E-state index in [0.717, 1.165) is 21.8 Å². The van der Waals surface area contributed by atoms with E-state index in [9.17, 15) is 0 Å². The largest absolute Gasteiger partial charge is 0.277 e. The van der Waals surface area contributed by atoms with E-state index < -0.39 is 0 Å². The van der Waals surface area contributed by atoms with E-state index in [4.69, 9.17) is 0 Å². The molecule has 4 nitrogen and oxygen atoms in total. The van der Waals surface area contributed by atoms with E-state index in [1.54, 1.807) is 0 Å². The molecule has 0 aliphatic heterocycles. The van der Waals surface area contributed by atoms with Crippen LogP contribution in [0.25, 0.3) is 0 Å². The fourth-order valence-corrected chi connectivity index (χ4v) is 1.57. The van der Waals surface area contributed by atoms with E-state index in [-0.39, 0.29) is 0 Å². The standard InChI is InChI=1S/C10H11BrN4/c1-7-9(11)10(13-8(2)12-7)14-15-5-3-4-6-15/h3-6H,1-2H3,(H,12,13,14). The van der Waals surface area contributed by atoms with Gasteiger partial charge >= 0.3 is 0 Å². The third-order valence-electron chi connectivity index (χ3n) is 1.97. The molecule has 0 aliphatic rings. The van der Waals surface area contributed by atoms with Crippen molar-refractivity contribution in [3.63, 3.8) is 0 Å². The van der Waals surface area contributed by atoms with Crippen molar-refractivity contribution in [1.29, 1.82) is 0 Å². The van der Waals surface area contributed by atoms with Crippen molar-refractivity contribution < 1.29 is 0 Å². The molecule has 0 atom stereocenters. The molecule has 0 spiro atoms. The second-order valence-corrected chi connectivity index (χ2v) is 4.01. The highest BCUT2D eigenvalue weighted by molar-refractivity contribution is 9.10. The molecule has 0 amide bonds. The lowest BCUT2D eigenvalue weighted by Gasteiger charge is -2.10. The Labute approximate surface area is 96.5 Å². The minimum absolute atomic E-state index is 0.755. The molecule has 5 heteroatoms. The van der Waals surface area contributed by atoms with Crippen molar-refractivity contribution in [3.05, 3.63) is 40.5 Å². The molecule has 78 valence electrons. The van der Waals surface area contributed by atoms with Gasteiger partial charge in [0.25, 0.3) is 0 Å². The van der Waals surface area contributed by atoms with Crippen LogP contribution in [0.2, 0.25) is 0 Å². The SMILES string of the molecule is Cc1nc(C)c(Br)c(Nn2cccc2)n1. The molecule has 0 unspecified atom stereocenters. The highest BCUT2D eigenvalue weighted by Gasteiger charge is 2.06. The minimum atomic E-state index is 0.755. The smallest absolute Gasteiger partial charge is 0.163 e. The Morgan fingerprint density at radius 1 is 1.20 bits per heavy atom. The molecule has 0 radical (unpaired) electrons. The summed E-state index contributed by atoms with van der Waals surface area (Å²) in [5.41, 5.74) is 4.08. The molecular weight excluding hydrogens is 256 g/mol. The number of nitrogens with zero attached hydrogens (tertiary/aromatic N) is 3. The Morgan fingerprint density at radius 3 is 2.53 bits per heavy atom. The summed E-state index contributed by atoms with van der Waals surface area (Å²) in [6.45, 7) is 3.82. The summed E-state index contributed by atoms with van der Waals surface area (Å²) < 4.78 is 2.73. The van der Waals surface area contributed by atoms with Gasteiger partial charge in [0.15, 0.2) is 5.82 Å². The molecular formula is C10H11BrN4. The van der Waals surface area contributed by atoms with E-state index >= 15 is 0 Å². The summed E-state index contributed by atoms with van der Waals surface area (Å²) in [6, 6.07) is 3.89. The van der Waals surface area contributed by atoms with Crippen molar-refractivity contribution in [2.75, 3.05) is 5.43 Å². The van der Waals surface area contributed by atoms with Gasteiger partial charge in [0.05, 0.1) is 10.2 Å². The van der Waals surface area contributed by atoms with Crippen LogP contribution in [0, 0.1) is 13.8 Å². The second-order valence-electron chi connectivity index (χ2n) is 3.22. The molecule has 0 fully saturated rings. The van der Waals surface area contributed by atoms with Gasteiger partial charge in [-0.15, -0.1) is 0 Å². The Balaban J connectivity index is 2.36. The first kappa shape index (κ1) is 10.2. The first-order valence-corrected chi connectivity index (χ1v) is 5.37. The number of aromatic nitrogens is 3. The van der Waals surface area contributed by atoms with Gasteiger partial charge in [0, 0.05) is 12.4 Å². The zero-order valence-electron chi connectivity index (χ0n) is 8.53. The van der Waals surface area contributed by atoms with Gasteiger partial charge in [-0.3, -0.25) is 10.1 Å². The van der Waals surface area contributed by atoms with Crippen LogP contribution in [0.4, 0.5) is 5.82 Å². The Morgan fingerprint density at radius 2 is 1.87 bits per heavy atom. The first-order valence-electron chi connectivity index (χ1n) is 4.57. The van der Waals surface area contributed by atoms with Crippen LogP contribution in [0.3, 0.4) is 0 Å². The normalized spacial score (nSPS) is 10.3. The maximum atomic E-state index is 4.32. The molecule has 2 heterocycles. The first-order chi connectivity index (χ1) is 7.16. The van der Waals surface area contributed by atoms with Crippen LogP contribution in [-0.4, -0.2) is 14.6 Å². The van der Waals surface area contributed by atoms with Gasteiger partial charge in [-0.25, -0.2) is 9.97 Å². The van der Waals surface area contributed by atoms with Gasteiger partial charge in [-0.1, -0.05) is 0 Å². The molecule has 15 heavy (non-hydrogen) atoms. The van der Waals surface area contributed by atoms with Crippen molar-refractivity contribution in [2.24, 2.45) is 0 Å². The maximum absolute atomic E-state index is 4.32. The number of hydrogen-bond donors (Lipinski definition) is 1. The predicted molar refractivity (Wildman–Crippen MR) is 62.7 cm³/mol. The Kier molecular flexibility index (Phi) is 2.73. The Bertz CT molecular complexity index is 465. The average Bonchev–Trinajstić information content (AvgIpc) is 2.66. The molecule has 0 bridgehead atoms. The summed E-state index contributed by atoms with van der Waals surface area (Å²) >= 11 is 3.46. The van der Waals surface area contributed by atoms with Gasteiger partial charge in [0.1, 0.15) is 5.82 Å². The van der Waals surface area contributed by atoms with E-state index in [0.29, 0.717) is 0 Å². The molecule has 1 N–H and O–H groups in total. The van der Waals surface area contributed by atoms with Crippen molar-refractivity contribution in [3.8, 4) is 0 Å². The summed E-state index contributed by atoms with van der Waals surface area (Å²) in [5.74, 6) is 1.53. The number of rotatable bonds is 2. The molecule has 2 aromatic rings. The summed E-state index contributed by atoms with van der Waals surface area (Å²) in [4.78, 5) is 8.57. The van der Waals surface area contributed by atoms with Crippen LogP contribution in [0.15, 0.2) is 29.0 Å². The van der Waals surface area contributed by atoms with Crippen LogP contribution in [0.1, 0.15) is 11.5 Å². The number of halogens is 1. The van der Waals surface area contributed by atoms with Gasteiger partial charge in [-0.05, 0) is 41.9 Å². The quantitative estimate of drug-likeness (QED) is 0.909. The maximum Gasteiger partial charge on any atom is 0.163 e. The summed E-state index contributed by atoms with van der Waals surface area (Å²) in [7, 11) is 0. The molecule has 0 saturated heterocycles. The highest BCUT2D eigenvalue weighted by atomic mass is 79.9. The van der Waals surface area contributed by atoms with E-state index in [2.05, 4.69) is 31.3 Å². The lowest BCUT2D eigenvalue weighted by Crippen LogP contribution is -2.10. The minimum Gasteiger partial charge on any atom is -0.277 e. The molecule has 0 aromatic carbocycles. The van der Waals surface area contributed by atoms with Gasteiger partial charge < -0.3 is 0 Å². The molecule has 0 aliphatic carbocycles. The van der Waals surface area contributed by atoms with Crippen molar-refractivity contribution in [2.45, 2.75) is 13.8 Å². The lowest BCUT2D eigenvalue weighted by molar-refractivity contribution is 0.917. The van der Waals surface area contributed by atoms with E-state index in [1.807, 2.05) is 43.0 Å².